The molecule has 0 radical (unpaired) electrons. The first-order valence-corrected chi connectivity index (χ1v) is 9.39. The Morgan fingerprint density at radius 3 is 2.61 bits per heavy atom. The van der Waals surface area contributed by atoms with Crippen molar-refractivity contribution in [2.24, 2.45) is 0 Å². The highest BCUT2D eigenvalue weighted by molar-refractivity contribution is 7.92. The quantitative estimate of drug-likeness (QED) is 0.871. The molecule has 0 aliphatic carbocycles. The second-order valence-corrected chi connectivity index (χ2v) is 9.65. The standard InChI is InChI=1S/C17H22N2O3S/c1-11-12(2)18-15-13(11)6-5-7-14(15)16(20)19-8-9-23(21,22)17(3,4)10-19/h5-7,18H,8-10H2,1-4H3. The Balaban J connectivity index is 2.01. The summed E-state index contributed by atoms with van der Waals surface area (Å²) in [4.78, 5) is 17.9. The number of H-pyrrole nitrogens is 1. The summed E-state index contributed by atoms with van der Waals surface area (Å²) >= 11 is 0. The SMILES string of the molecule is Cc1[nH]c2c(C(=O)N3CCS(=O)(=O)C(C)(C)C3)cccc2c1C. The second kappa shape index (κ2) is 5.09. The van der Waals surface area contributed by atoms with Gasteiger partial charge in [0, 0.05) is 24.2 Å². The van der Waals surface area contributed by atoms with Gasteiger partial charge in [0.15, 0.2) is 9.84 Å². The minimum Gasteiger partial charge on any atom is -0.358 e. The predicted molar refractivity (Wildman–Crippen MR) is 91.5 cm³/mol. The lowest BCUT2D eigenvalue weighted by atomic mass is 10.1. The van der Waals surface area contributed by atoms with E-state index < -0.39 is 14.6 Å². The van der Waals surface area contributed by atoms with E-state index in [1.807, 2.05) is 26.0 Å². The van der Waals surface area contributed by atoms with Gasteiger partial charge in [0.25, 0.3) is 5.91 Å². The Labute approximate surface area is 136 Å². The van der Waals surface area contributed by atoms with Crippen LogP contribution in [-0.2, 0) is 9.84 Å². The summed E-state index contributed by atoms with van der Waals surface area (Å²) in [6, 6.07) is 5.67. The van der Waals surface area contributed by atoms with Crippen molar-refractivity contribution < 1.29 is 13.2 Å². The van der Waals surface area contributed by atoms with Crippen LogP contribution in [0.15, 0.2) is 18.2 Å². The van der Waals surface area contributed by atoms with E-state index in [0.717, 1.165) is 22.2 Å². The molecule has 1 aromatic heterocycles. The number of hydrogen-bond donors (Lipinski definition) is 1. The molecule has 0 spiro atoms. The molecule has 0 unspecified atom stereocenters. The van der Waals surface area contributed by atoms with Crippen LogP contribution in [0.5, 0.6) is 0 Å². The first kappa shape index (κ1) is 16.1. The van der Waals surface area contributed by atoms with E-state index in [4.69, 9.17) is 0 Å². The summed E-state index contributed by atoms with van der Waals surface area (Å²) < 4.78 is 23.3. The maximum Gasteiger partial charge on any atom is 0.256 e. The number of nitrogens with zero attached hydrogens (tertiary/aromatic N) is 1. The summed E-state index contributed by atoms with van der Waals surface area (Å²) in [6.07, 6.45) is 0. The van der Waals surface area contributed by atoms with Gasteiger partial charge in [-0.1, -0.05) is 12.1 Å². The number of carbonyl (C=O) groups excluding carboxylic acids is 1. The first-order chi connectivity index (χ1) is 10.6. The highest BCUT2D eigenvalue weighted by Crippen LogP contribution is 2.28. The van der Waals surface area contributed by atoms with Crippen molar-refractivity contribution >= 4 is 26.6 Å². The maximum atomic E-state index is 12.9. The van der Waals surface area contributed by atoms with Crippen LogP contribution in [0.3, 0.4) is 0 Å². The molecule has 3 rings (SSSR count). The highest BCUT2D eigenvalue weighted by Gasteiger charge is 2.41. The van der Waals surface area contributed by atoms with E-state index in [2.05, 4.69) is 4.98 Å². The first-order valence-electron chi connectivity index (χ1n) is 7.73. The molecule has 0 atom stereocenters. The molecule has 0 saturated carbocycles. The zero-order chi connectivity index (χ0) is 17.0. The number of amides is 1. The number of carbonyl (C=O) groups is 1. The Morgan fingerprint density at radius 2 is 1.96 bits per heavy atom. The normalized spacial score (nSPS) is 19.9. The number of hydrogen-bond acceptors (Lipinski definition) is 3. The molecule has 1 aliphatic heterocycles. The van der Waals surface area contributed by atoms with Crippen molar-refractivity contribution in [2.75, 3.05) is 18.8 Å². The van der Waals surface area contributed by atoms with E-state index in [9.17, 15) is 13.2 Å². The Morgan fingerprint density at radius 1 is 1.26 bits per heavy atom. The van der Waals surface area contributed by atoms with Gasteiger partial charge in [0.05, 0.1) is 21.6 Å². The number of nitrogens with one attached hydrogen (secondary N) is 1. The smallest absolute Gasteiger partial charge is 0.256 e. The minimum absolute atomic E-state index is 0.0184. The van der Waals surface area contributed by atoms with E-state index in [1.165, 1.54) is 0 Å². The summed E-state index contributed by atoms with van der Waals surface area (Å²) in [6.45, 7) is 7.86. The number of aromatic nitrogens is 1. The minimum atomic E-state index is -3.16. The van der Waals surface area contributed by atoms with Crippen molar-refractivity contribution in [1.82, 2.24) is 9.88 Å². The average Bonchev–Trinajstić information content (AvgIpc) is 2.77. The van der Waals surface area contributed by atoms with Crippen LogP contribution in [0.4, 0.5) is 0 Å². The lowest BCUT2D eigenvalue weighted by Gasteiger charge is -2.37. The molecule has 1 N–H and O–H groups in total. The van der Waals surface area contributed by atoms with Crippen LogP contribution < -0.4 is 0 Å². The fraction of sp³-hybridized carbons (Fsp3) is 0.471. The third-order valence-corrected chi connectivity index (χ3v) is 7.44. The third kappa shape index (κ3) is 2.45. The van der Waals surface area contributed by atoms with E-state index in [1.54, 1.807) is 24.8 Å². The summed E-state index contributed by atoms with van der Waals surface area (Å²) in [5.41, 5.74) is 3.62. The number of rotatable bonds is 1. The molecule has 124 valence electrons. The Hall–Kier alpha value is -1.82. The Bertz CT molecular complexity index is 894. The van der Waals surface area contributed by atoms with Gasteiger partial charge in [-0.3, -0.25) is 4.79 Å². The number of fused-ring (bicyclic) bond motifs is 1. The number of aryl methyl sites for hydroxylation is 2. The molecule has 23 heavy (non-hydrogen) atoms. The molecule has 2 aromatic rings. The number of aromatic amines is 1. The zero-order valence-electron chi connectivity index (χ0n) is 13.9. The summed E-state index contributed by atoms with van der Waals surface area (Å²) in [7, 11) is -3.16. The van der Waals surface area contributed by atoms with Gasteiger partial charge in [0.2, 0.25) is 0 Å². The second-order valence-electron chi connectivity index (χ2n) is 6.91. The zero-order valence-corrected chi connectivity index (χ0v) is 14.8. The van der Waals surface area contributed by atoms with E-state index in [0.29, 0.717) is 5.56 Å². The molecular formula is C17H22N2O3S. The highest BCUT2D eigenvalue weighted by atomic mass is 32.2. The van der Waals surface area contributed by atoms with Gasteiger partial charge in [-0.2, -0.15) is 0 Å². The van der Waals surface area contributed by atoms with Gasteiger partial charge < -0.3 is 9.88 Å². The lowest BCUT2D eigenvalue weighted by Crippen LogP contribution is -2.54. The monoisotopic (exact) mass is 334 g/mol. The van der Waals surface area contributed by atoms with Gasteiger partial charge in [-0.15, -0.1) is 0 Å². The molecule has 1 aliphatic rings. The van der Waals surface area contributed by atoms with Crippen LogP contribution in [0, 0.1) is 13.8 Å². The van der Waals surface area contributed by atoms with Crippen LogP contribution in [0.25, 0.3) is 10.9 Å². The van der Waals surface area contributed by atoms with Crippen molar-refractivity contribution in [3.05, 3.63) is 35.0 Å². The van der Waals surface area contributed by atoms with Crippen LogP contribution in [0.2, 0.25) is 0 Å². The largest absolute Gasteiger partial charge is 0.358 e. The maximum absolute atomic E-state index is 12.9. The summed E-state index contributed by atoms with van der Waals surface area (Å²) in [5, 5.41) is 1.04. The van der Waals surface area contributed by atoms with Gasteiger partial charge >= 0.3 is 0 Å². The van der Waals surface area contributed by atoms with Crippen molar-refractivity contribution in [3.8, 4) is 0 Å². The topological polar surface area (TPSA) is 70.2 Å². The molecule has 1 aromatic carbocycles. The van der Waals surface area contributed by atoms with E-state index in [-0.39, 0.29) is 24.7 Å². The number of sulfone groups is 1. The molecule has 1 amide bonds. The molecule has 1 saturated heterocycles. The van der Waals surface area contributed by atoms with Gasteiger partial charge in [-0.25, -0.2) is 8.42 Å². The van der Waals surface area contributed by atoms with Crippen LogP contribution >= 0.6 is 0 Å². The fourth-order valence-electron chi connectivity index (χ4n) is 3.15. The van der Waals surface area contributed by atoms with E-state index >= 15 is 0 Å². The average molecular weight is 334 g/mol. The molecule has 5 nitrogen and oxygen atoms in total. The van der Waals surface area contributed by atoms with Crippen molar-refractivity contribution in [1.29, 1.82) is 0 Å². The third-order valence-electron chi connectivity index (χ3n) is 4.90. The van der Waals surface area contributed by atoms with Gasteiger partial charge in [-0.05, 0) is 39.3 Å². The molecule has 0 bridgehead atoms. The number of benzene rings is 1. The van der Waals surface area contributed by atoms with Gasteiger partial charge in [0.1, 0.15) is 0 Å². The number of para-hydroxylation sites is 1. The Kier molecular flexibility index (Phi) is 3.55. The summed E-state index contributed by atoms with van der Waals surface area (Å²) in [5.74, 6) is -0.0929. The molecular weight excluding hydrogens is 312 g/mol. The fourth-order valence-corrected chi connectivity index (χ4v) is 4.51. The predicted octanol–water partition coefficient (Wildman–Crippen LogP) is 2.43. The van der Waals surface area contributed by atoms with Crippen molar-refractivity contribution in [2.45, 2.75) is 32.4 Å². The van der Waals surface area contributed by atoms with Crippen LogP contribution in [-0.4, -0.2) is 47.8 Å². The van der Waals surface area contributed by atoms with Crippen LogP contribution in [0.1, 0.15) is 35.5 Å². The molecule has 2 heterocycles. The molecule has 6 heteroatoms. The van der Waals surface area contributed by atoms with Crippen molar-refractivity contribution in [3.63, 3.8) is 0 Å². The molecule has 1 fully saturated rings. The lowest BCUT2D eigenvalue weighted by molar-refractivity contribution is 0.0745.